The van der Waals surface area contributed by atoms with Gasteiger partial charge in [-0.1, -0.05) is 29.3 Å². The Hall–Kier alpha value is -2.84. The lowest BCUT2D eigenvalue weighted by Gasteiger charge is -2.27. The van der Waals surface area contributed by atoms with Crippen LogP contribution in [0.4, 0.5) is 5.69 Å². The van der Waals surface area contributed by atoms with Gasteiger partial charge in [0, 0.05) is 38.7 Å². The van der Waals surface area contributed by atoms with E-state index in [9.17, 15) is 14.4 Å². The van der Waals surface area contributed by atoms with Crippen LogP contribution in [-0.4, -0.2) is 50.6 Å². The van der Waals surface area contributed by atoms with Crippen molar-refractivity contribution in [3.8, 4) is 0 Å². The van der Waals surface area contributed by atoms with E-state index < -0.39 is 5.91 Å². The van der Waals surface area contributed by atoms with Gasteiger partial charge >= 0.3 is 0 Å². The van der Waals surface area contributed by atoms with Crippen LogP contribution in [0, 0.1) is 6.92 Å². The van der Waals surface area contributed by atoms with Gasteiger partial charge in [-0.05, 0) is 31.6 Å². The molecule has 1 aromatic heterocycles. The minimum Gasteiger partial charge on any atom is -0.325 e. The lowest BCUT2D eigenvalue weighted by Crippen LogP contribution is -2.44. The molecule has 1 saturated heterocycles. The number of nitrogens with zero attached hydrogens (tertiary/aromatic N) is 4. The molecule has 0 atom stereocenters. The minimum absolute atomic E-state index is 0.130. The van der Waals surface area contributed by atoms with Crippen molar-refractivity contribution in [2.45, 2.75) is 20.3 Å². The van der Waals surface area contributed by atoms with E-state index in [1.165, 1.54) is 27.7 Å². The van der Waals surface area contributed by atoms with Crippen molar-refractivity contribution in [2.24, 2.45) is 7.05 Å². The molecule has 2 aromatic rings. The number of carbonyl (C=O) groups excluding carboxylic acids is 3. The van der Waals surface area contributed by atoms with Gasteiger partial charge in [0.15, 0.2) is 0 Å². The molecular weight excluding hydrogens is 429 g/mol. The number of rotatable bonds is 4. The molecule has 8 nitrogen and oxygen atoms in total. The standard InChI is InChI=1S/C20H21Cl2N5O3/c1-12-14(19(22)25(3)24-12)8-9-17(29)26-10-5-11-27(26)20(30)15-6-4-7-16(18(15)21)23-13(2)28/h4,6-9H,5,10-11H2,1-3H3,(H,23,28)/b9-8+. The van der Waals surface area contributed by atoms with Crippen molar-refractivity contribution >= 4 is 52.7 Å². The van der Waals surface area contributed by atoms with E-state index in [0.717, 1.165) is 0 Å². The Morgan fingerprint density at radius 1 is 1.17 bits per heavy atom. The largest absolute Gasteiger partial charge is 0.325 e. The maximum atomic E-state index is 13.1. The van der Waals surface area contributed by atoms with Crippen LogP contribution in [0.25, 0.3) is 6.08 Å². The number of anilines is 1. The van der Waals surface area contributed by atoms with E-state index in [1.807, 2.05) is 0 Å². The van der Waals surface area contributed by atoms with E-state index >= 15 is 0 Å². The summed E-state index contributed by atoms with van der Waals surface area (Å²) in [5.41, 5.74) is 1.89. The highest BCUT2D eigenvalue weighted by Crippen LogP contribution is 2.28. The smallest absolute Gasteiger partial charge is 0.274 e. The number of aromatic nitrogens is 2. The number of aryl methyl sites for hydroxylation is 2. The summed E-state index contributed by atoms with van der Waals surface area (Å²) in [6.45, 7) is 3.93. The highest BCUT2D eigenvalue weighted by atomic mass is 35.5. The molecule has 3 rings (SSSR count). The van der Waals surface area contributed by atoms with Gasteiger partial charge < -0.3 is 5.32 Å². The SMILES string of the molecule is CC(=O)Nc1cccc(C(=O)N2CCCN2C(=O)/C=C/c2c(C)nn(C)c2Cl)c1Cl. The molecule has 1 fully saturated rings. The third-order valence-electron chi connectivity index (χ3n) is 4.65. The van der Waals surface area contributed by atoms with E-state index in [0.29, 0.717) is 41.6 Å². The van der Waals surface area contributed by atoms with Crippen molar-refractivity contribution in [2.75, 3.05) is 18.4 Å². The summed E-state index contributed by atoms with van der Waals surface area (Å²) in [4.78, 5) is 37.2. The molecule has 10 heteroatoms. The lowest BCUT2D eigenvalue weighted by atomic mass is 10.1. The molecule has 0 bridgehead atoms. The minimum atomic E-state index is -0.415. The summed E-state index contributed by atoms with van der Waals surface area (Å²) in [6, 6.07) is 4.79. The first-order valence-electron chi connectivity index (χ1n) is 9.27. The van der Waals surface area contributed by atoms with Gasteiger partial charge in [-0.3, -0.25) is 19.1 Å². The molecule has 158 valence electrons. The van der Waals surface area contributed by atoms with Crippen LogP contribution in [0.2, 0.25) is 10.2 Å². The predicted molar refractivity (Wildman–Crippen MR) is 115 cm³/mol. The molecule has 1 aromatic carbocycles. The zero-order chi connectivity index (χ0) is 22.0. The lowest BCUT2D eigenvalue weighted by molar-refractivity contribution is -0.134. The number of carbonyl (C=O) groups is 3. The molecule has 3 amide bonds. The molecular formula is C20H21Cl2N5O3. The molecule has 1 aliphatic heterocycles. The average molecular weight is 450 g/mol. The number of hydrogen-bond donors (Lipinski definition) is 1. The first kappa shape index (κ1) is 21.9. The van der Waals surface area contributed by atoms with Crippen molar-refractivity contribution in [1.82, 2.24) is 19.8 Å². The summed E-state index contributed by atoms with van der Waals surface area (Å²) >= 11 is 12.5. The van der Waals surface area contributed by atoms with Crippen molar-refractivity contribution < 1.29 is 14.4 Å². The average Bonchev–Trinajstić information content (AvgIpc) is 3.26. The second-order valence-electron chi connectivity index (χ2n) is 6.84. The number of hydrazine groups is 1. The van der Waals surface area contributed by atoms with E-state index in [2.05, 4.69) is 10.4 Å². The van der Waals surface area contributed by atoms with Gasteiger partial charge in [-0.25, -0.2) is 10.0 Å². The monoisotopic (exact) mass is 449 g/mol. The third kappa shape index (κ3) is 4.34. The Morgan fingerprint density at radius 3 is 2.50 bits per heavy atom. The molecule has 1 aliphatic rings. The van der Waals surface area contributed by atoms with Crippen LogP contribution in [0.5, 0.6) is 0 Å². The Balaban J connectivity index is 1.82. The second-order valence-corrected chi connectivity index (χ2v) is 7.57. The van der Waals surface area contributed by atoms with Gasteiger partial charge in [0.05, 0.1) is 22.0 Å². The summed E-state index contributed by atoms with van der Waals surface area (Å²) in [7, 11) is 1.72. The van der Waals surface area contributed by atoms with Crippen LogP contribution >= 0.6 is 23.2 Å². The van der Waals surface area contributed by atoms with Crippen LogP contribution in [0.3, 0.4) is 0 Å². The summed E-state index contributed by atoms with van der Waals surface area (Å²) in [6.07, 6.45) is 3.61. The molecule has 2 heterocycles. The topological polar surface area (TPSA) is 87.5 Å². The Kier molecular flexibility index (Phi) is 6.48. The maximum absolute atomic E-state index is 13.1. The highest BCUT2D eigenvalue weighted by molar-refractivity contribution is 6.36. The fourth-order valence-corrected chi connectivity index (χ4v) is 3.74. The summed E-state index contributed by atoms with van der Waals surface area (Å²) in [5.74, 6) is -1.06. The zero-order valence-corrected chi connectivity index (χ0v) is 18.3. The van der Waals surface area contributed by atoms with Crippen LogP contribution in [0.15, 0.2) is 24.3 Å². The third-order valence-corrected chi connectivity index (χ3v) is 5.50. The number of amides is 3. The number of nitrogens with one attached hydrogen (secondary N) is 1. The van der Waals surface area contributed by atoms with Gasteiger partial charge in [-0.15, -0.1) is 0 Å². The molecule has 0 unspecified atom stereocenters. The van der Waals surface area contributed by atoms with Gasteiger partial charge in [0.2, 0.25) is 5.91 Å². The molecule has 0 saturated carbocycles. The zero-order valence-electron chi connectivity index (χ0n) is 16.8. The van der Waals surface area contributed by atoms with Crippen LogP contribution in [-0.2, 0) is 16.6 Å². The van der Waals surface area contributed by atoms with Gasteiger partial charge in [-0.2, -0.15) is 5.10 Å². The van der Waals surface area contributed by atoms with E-state index in [4.69, 9.17) is 23.2 Å². The molecule has 0 aliphatic carbocycles. The first-order chi connectivity index (χ1) is 14.2. The quantitative estimate of drug-likeness (QED) is 0.725. The van der Waals surface area contributed by atoms with Gasteiger partial charge in [0.1, 0.15) is 5.15 Å². The Labute approximate surface area is 184 Å². The van der Waals surface area contributed by atoms with Crippen molar-refractivity contribution in [3.63, 3.8) is 0 Å². The molecule has 0 radical (unpaired) electrons. The fraction of sp³-hybridized carbons (Fsp3) is 0.300. The van der Waals surface area contributed by atoms with Gasteiger partial charge in [0.25, 0.3) is 11.8 Å². The Morgan fingerprint density at radius 2 is 1.87 bits per heavy atom. The Bertz CT molecular complexity index is 1050. The summed E-state index contributed by atoms with van der Waals surface area (Å²) < 4.78 is 1.52. The first-order valence-corrected chi connectivity index (χ1v) is 10.0. The number of halogens is 2. The van der Waals surface area contributed by atoms with Crippen LogP contribution < -0.4 is 5.32 Å². The summed E-state index contributed by atoms with van der Waals surface area (Å²) in [5, 5.41) is 10.1. The highest BCUT2D eigenvalue weighted by Gasteiger charge is 2.31. The number of hydrogen-bond acceptors (Lipinski definition) is 4. The normalized spacial score (nSPS) is 13.9. The molecule has 1 N–H and O–H groups in total. The van der Waals surface area contributed by atoms with Crippen molar-refractivity contribution in [3.05, 3.63) is 51.3 Å². The molecule has 0 spiro atoms. The van der Waals surface area contributed by atoms with E-state index in [1.54, 1.807) is 38.2 Å². The fourth-order valence-electron chi connectivity index (χ4n) is 3.25. The van der Waals surface area contributed by atoms with Crippen molar-refractivity contribution in [1.29, 1.82) is 0 Å². The maximum Gasteiger partial charge on any atom is 0.274 e. The van der Waals surface area contributed by atoms with Crippen LogP contribution in [0.1, 0.15) is 35.0 Å². The second kappa shape index (κ2) is 8.89. The molecule has 30 heavy (non-hydrogen) atoms. The predicted octanol–water partition coefficient (Wildman–Crippen LogP) is 3.30. The number of benzene rings is 1. The van der Waals surface area contributed by atoms with E-state index in [-0.39, 0.29) is 22.4 Å².